The lowest BCUT2D eigenvalue weighted by atomic mass is 10.2. The summed E-state index contributed by atoms with van der Waals surface area (Å²) >= 11 is 3.45. The van der Waals surface area contributed by atoms with Crippen LogP contribution in [0, 0.1) is 12.7 Å². The van der Waals surface area contributed by atoms with Gasteiger partial charge in [0, 0.05) is 22.3 Å². The van der Waals surface area contributed by atoms with E-state index in [1.165, 1.54) is 18.2 Å². The second-order valence-corrected chi connectivity index (χ2v) is 4.96. The average Bonchev–Trinajstić information content (AvgIpc) is 2.32. The van der Waals surface area contributed by atoms with Gasteiger partial charge in [-0.2, -0.15) is 0 Å². The molecule has 4 heteroatoms. The van der Waals surface area contributed by atoms with E-state index in [2.05, 4.69) is 21.2 Å². The Labute approximate surface area is 114 Å². The third kappa shape index (κ3) is 3.01. The second kappa shape index (κ2) is 5.40. The number of phenolic OH excluding ortho intramolecular Hbond substituents is 1. The highest BCUT2D eigenvalue weighted by Gasteiger charge is 2.04. The molecule has 0 aliphatic carbocycles. The summed E-state index contributed by atoms with van der Waals surface area (Å²) in [5.74, 6) is -0.264. The van der Waals surface area contributed by atoms with Crippen LogP contribution in [-0.4, -0.2) is 5.11 Å². The van der Waals surface area contributed by atoms with Gasteiger partial charge in [-0.25, -0.2) is 4.39 Å². The summed E-state index contributed by atoms with van der Waals surface area (Å²) in [5, 5.41) is 12.8. The van der Waals surface area contributed by atoms with Gasteiger partial charge >= 0.3 is 0 Å². The van der Waals surface area contributed by atoms with Crippen molar-refractivity contribution in [1.82, 2.24) is 0 Å². The fraction of sp³-hybridized carbons (Fsp3) is 0.143. The van der Waals surface area contributed by atoms with Crippen molar-refractivity contribution in [2.75, 3.05) is 5.32 Å². The molecule has 0 radical (unpaired) electrons. The summed E-state index contributed by atoms with van der Waals surface area (Å²) in [4.78, 5) is 0. The van der Waals surface area contributed by atoms with Crippen molar-refractivity contribution in [3.05, 3.63) is 57.8 Å². The zero-order valence-corrected chi connectivity index (χ0v) is 11.5. The van der Waals surface area contributed by atoms with Crippen LogP contribution in [0.2, 0.25) is 0 Å². The Morgan fingerprint density at radius 3 is 2.72 bits per heavy atom. The number of aryl methyl sites for hydroxylation is 1. The van der Waals surface area contributed by atoms with Gasteiger partial charge in [0.15, 0.2) is 0 Å². The lowest BCUT2D eigenvalue weighted by Crippen LogP contribution is -2.01. The van der Waals surface area contributed by atoms with Crippen LogP contribution >= 0.6 is 15.9 Å². The fourth-order valence-electron chi connectivity index (χ4n) is 1.65. The van der Waals surface area contributed by atoms with E-state index in [9.17, 15) is 9.50 Å². The third-order valence-corrected chi connectivity index (χ3v) is 3.29. The lowest BCUT2D eigenvalue weighted by molar-refractivity contribution is 0.466. The number of halogens is 2. The van der Waals surface area contributed by atoms with Gasteiger partial charge in [0.2, 0.25) is 0 Å². The van der Waals surface area contributed by atoms with Gasteiger partial charge < -0.3 is 10.4 Å². The van der Waals surface area contributed by atoms with Crippen molar-refractivity contribution in [3.8, 4) is 5.75 Å². The number of rotatable bonds is 3. The molecular weight excluding hydrogens is 297 g/mol. The lowest BCUT2D eigenvalue weighted by Gasteiger charge is -2.10. The maximum Gasteiger partial charge on any atom is 0.123 e. The Kier molecular flexibility index (Phi) is 3.87. The predicted molar refractivity (Wildman–Crippen MR) is 74.3 cm³/mol. The number of phenols is 1. The van der Waals surface area contributed by atoms with Crippen LogP contribution < -0.4 is 5.32 Å². The van der Waals surface area contributed by atoms with Crippen LogP contribution in [0.15, 0.2) is 40.9 Å². The number of benzene rings is 2. The Hall–Kier alpha value is -1.55. The summed E-state index contributed by atoms with van der Waals surface area (Å²) < 4.78 is 14.0. The Morgan fingerprint density at radius 2 is 2.00 bits per heavy atom. The molecule has 0 bridgehead atoms. The highest BCUT2D eigenvalue weighted by Crippen LogP contribution is 2.25. The smallest absolute Gasteiger partial charge is 0.123 e. The number of aromatic hydroxyl groups is 1. The molecule has 2 aromatic carbocycles. The van der Waals surface area contributed by atoms with E-state index >= 15 is 0 Å². The largest absolute Gasteiger partial charge is 0.508 e. The van der Waals surface area contributed by atoms with Crippen LogP contribution in [0.5, 0.6) is 5.75 Å². The summed E-state index contributed by atoms with van der Waals surface area (Å²) in [6, 6.07) is 9.84. The molecule has 18 heavy (non-hydrogen) atoms. The molecule has 0 heterocycles. The van der Waals surface area contributed by atoms with E-state index in [4.69, 9.17) is 0 Å². The molecule has 2 N–H and O–H groups in total. The normalized spacial score (nSPS) is 10.4. The van der Waals surface area contributed by atoms with Gasteiger partial charge in [-0.15, -0.1) is 0 Å². The molecular formula is C14H13BrFNO. The topological polar surface area (TPSA) is 32.3 Å². The maximum absolute atomic E-state index is 13.1. The first-order valence-electron chi connectivity index (χ1n) is 5.53. The second-order valence-electron chi connectivity index (χ2n) is 4.11. The molecule has 0 aromatic heterocycles. The first-order chi connectivity index (χ1) is 8.56. The summed E-state index contributed by atoms with van der Waals surface area (Å²) in [6.45, 7) is 2.37. The minimum absolute atomic E-state index is 0.0899. The van der Waals surface area contributed by atoms with E-state index in [0.717, 1.165) is 15.7 Å². The third-order valence-electron chi connectivity index (χ3n) is 2.64. The zero-order valence-electron chi connectivity index (χ0n) is 9.87. The highest BCUT2D eigenvalue weighted by molar-refractivity contribution is 9.10. The molecule has 2 rings (SSSR count). The van der Waals surface area contributed by atoms with Crippen molar-refractivity contribution in [2.45, 2.75) is 13.5 Å². The fourth-order valence-corrected chi connectivity index (χ4v) is 2.28. The molecule has 0 aliphatic rings. The van der Waals surface area contributed by atoms with E-state index in [1.54, 1.807) is 0 Å². The Morgan fingerprint density at radius 1 is 1.22 bits per heavy atom. The molecule has 2 nitrogen and oxygen atoms in total. The monoisotopic (exact) mass is 309 g/mol. The molecule has 0 saturated carbocycles. The van der Waals surface area contributed by atoms with E-state index in [1.807, 2.05) is 25.1 Å². The van der Waals surface area contributed by atoms with Crippen LogP contribution in [0.3, 0.4) is 0 Å². The van der Waals surface area contributed by atoms with Gasteiger partial charge in [-0.3, -0.25) is 0 Å². The molecule has 2 aromatic rings. The van der Waals surface area contributed by atoms with Gasteiger partial charge in [0.1, 0.15) is 11.6 Å². The molecule has 0 aliphatic heterocycles. The number of hydrogen-bond acceptors (Lipinski definition) is 2. The van der Waals surface area contributed by atoms with Crippen molar-refractivity contribution in [1.29, 1.82) is 0 Å². The molecule has 0 fully saturated rings. The van der Waals surface area contributed by atoms with Gasteiger partial charge in [0.05, 0.1) is 0 Å². The number of nitrogens with one attached hydrogen (secondary N) is 1. The van der Waals surface area contributed by atoms with Crippen molar-refractivity contribution in [2.24, 2.45) is 0 Å². The highest BCUT2D eigenvalue weighted by atomic mass is 79.9. The molecule has 0 spiro atoms. The minimum atomic E-state index is -0.354. The van der Waals surface area contributed by atoms with E-state index in [-0.39, 0.29) is 11.6 Å². The van der Waals surface area contributed by atoms with E-state index < -0.39 is 0 Å². The summed E-state index contributed by atoms with van der Waals surface area (Å²) in [5.41, 5.74) is 2.59. The average molecular weight is 310 g/mol. The first-order valence-corrected chi connectivity index (χ1v) is 6.33. The first kappa shape index (κ1) is 12.9. The number of anilines is 1. The molecule has 94 valence electrons. The molecule has 0 amide bonds. The Balaban J connectivity index is 2.13. The van der Waals surface area contributed by atoms with Crippen LogP contribution in [0.4, 0.5) is 10.1 Å². The van der Waals surface area contributed by atoms with Gasteiger partial charge in [-0.1, -0.05) is 6.07 Å². The van der Waals surface area contributed by atoms with Crippen LogP contribution in [-0.2, 0) is 6.54 Å². The Bertz CT molecular complexity index is 572. The summed E-state index contributed by atoms with van der Waals surface area (Å²) in [6.07, 6.45) is 0. The van der Waals surface area contributed by atoms with Gasteiger partial charge in [0.25, 0.3) is 0 Å². The van der Waals surface area contributed by atoms with Gasteiger partial charge in [-0.05, 0) is 58.7 Å². The zero-order chi connectivity index (χ0) is 13.1. The molecule has 0 unspecified atom stereocenters. The molecule has 0 atom stereocenters. The van der Waals surface area contributed by atoms with Crippen molar-refractivity contribution < 1.29 is 9.50 Å². The van der Waals surface area contributed by atoms with Crippen LogP contribution in [0.1, 0.15) is 11.1 Å². The quantitative estimate of drug-likeness (QED) is 0.890. The molecule has 0 saturated heterocycles. The summed E-state index contributed by atoms with van der Waals surface area (Å²) in [7, 11) is 0. The van der Waals surface area contributed by atoms with Crippen molar-refractivity contribution in [3.63, 3.8) is 0 Å². The van der Waals surface area contributed by atoms with Crippen molar-refractivity contribution >= 4 is 21.6 Å². The number of hydrogen-bond donors (Lipinski definition) is 2. The van der Waals surface area contributed by atoms with E-state index in [0.29, 0.717) is 12.1 Å². The van der Waals surface area contributed by atoms with Crippen LogP contribution in [0.25, 0.3) is 0 Å². The standard InChI is InChI=1S/C14H13BrFNO/c1-9-2-4-13(12(15)6-9)17-8-10-7-11(16)3-5-14(10)18/h2-7,17-18H,8H2,1H3. The maximum atomic E-state index is 13.1. The SMILES string of the molecule is Cc1ccc(NCc2cc(F)ccc2O)c(Br)c1. The minimum Gasteiger partial charge on any atom is -0.508 e. The predicted octanol–water partition coefficient (Wildman–Crippen LogP) is 4.21.